The van der Waals surface area contributed by atoms with Crippen molar-refractivity contribution in [3.05, 3.63) is 76.2 Å². The van der Waals surface area contributed by atoms with Crippen molar-refractivity contribution < 1.29 is 0 Å². The minimum absolute atomic E-state index is 0.650. The third-order valence-corrected chi connectivity index (χ3v) is 4.66. The molecule has 3 rings (SSSR count). The Morgan fingerprint density at radius 3 is 2.39 bits per heavy atom. The van der Waals surface area contributed by atoms with Crippen LogP contribution in [0.5, 0.6) is 0 Å². The molecule has 2 aromatic heterocycles. The summed E-state index contributed by atoms with van der Waals surface area (Å²) in [7, 11) is 1.78. The number of aromatic nitrogens is 3. The smallest absolute Gasteiger partial charge is 0.191 e. The molecule has 28 heavy (non-hydrogen) atoms. The van der Waals surface area contributed by atoms with E-state index in [-0.39, 0.29) is 0 Å². The van der Waals surface area contributed by atoms with Crippen molar-refractivity contribution in [2.75, 3.05) is 7.05 Å². The molecule has 0 radical (unpaired) electrons. The maximum atomic E-state index is 4.54. The third kappa shape index (κ3) is 4.76. The van der Waals surface area contributed by atoms with Gasteiger partial charge in [-0.15, -0.1) is 0 Å². The minimum Gasteiger partial charge on any atom is -0.352 e. The van der Waals surface area contributed by atoms with Gasteiger partial charge in [-0.3, -0.25) is 4.99 Å². The van der Waals surface area contributed by atoms with Gasteiger partial charge in [0.2, 0.25) is 0 Å². The van der Waals surface area contributed by atoms with Crippen LogP contribution in [0.2, 0.25) is 0 Å². The standard InChI is InChI=1S/C22H28N6/c1-15-6-8-20(16(2)10-15)14-26-22(23-5)25-13-19-7-9-21(24-12-19)28-18(4)11-17(3)27-28/h6-12H,13-14H2,1-5H3,(H2,23,25,26). The van der Waals surface area contributed by atoms with Gasteiger partial charge >= 0.3 is 0 Å². The van der Waals surface area contributed by atoms with E-state index in [0.717, 1.165) is 35.3 Å². The fourth-order valence-corrected chi connectivity index (χ4v) is 3.14. The zero-order valence-corrected chi connectivity index (χ0v) is 17.2. The Hall–Kier alpha value is -3.15. The lowest BCUT2D eigenvalue weighted by molar-refractivity contribution is 0.789. The van der Waals surface area contributed by atoms with Crippen LogP contribution >= 0.6 is 0 Å². The molecule has 2 heterocycles. The third-order valence-electron chi connectivity index (χ3n) is 4.66. The Balaban J connectivity index is 1.57. The van der Waals surface area contributed by atoms with E-state index in [1.165, 1.54) is 16.7 Å². The molecule has 0 aliphatic heterocycles. The first kappa shape index (κ1) is 19.6. The highest BCUT2D eigenvalue weighted by atomic mass is 15.3. The van der Waals surface area contributed by atoms with Crippen LogP contribution < -0.4 is 10.6 Å². The molecule has 146 valence electrons. The Morgan fingerprint density at radius 1 is 1.00 bits per heavy atom. The second-order valence-corrected chi connectivity index (χ2v) is 7.07. The molecule has 0 atom stereocenters. The fourth-order valence-electron chi connectivity index (χ4n) is 3.14. The summed E-state index contributed by atoms with van der Waals surface area (Å²) in [6, 6.07) is 12.6. The van der Waals surface area contributed by atoms with Crippen molar-refractivity contribution >= 4 is 5.96 Å². The summed E-state index contributed by atoms with van der Waals surface area (Å²) in [6.07, 6.45) is 1.87. The molecule has 0 bridgehead atoms. The van der Waals surface area contributed by atoms with Crippen molar-refractivity contribution in [2.45, 2.75) is 40.8 Å². The molecular formula is C22H28N6. The van der Waals surface area contributed by atoms with Gasteiger partial charge in [-0.05, 0) is 56.5 Å². The molecule has 0 aliphatic carbocycles. The average molecular weight is 377 g/mol. The molecule has 3 aromatic rings. The molecule has 0 spiro atoms. The highest BCUT2D eigenvalue weighted by Crippen LogP contribution is 2.11. The number of aliphatic imine (C=N–C) groups is 1. The molecule has 0 unspecified atom stereocenters. The molecule has 1 aromatic carbocycles. The number of nitrogens with one attached hydrogen (secondary N) is 2. The second kappa shape index (κ2) is 8.69. The first-order valence-corrected chi connectivity index (χ1v) is 9.45. The van der Waals surface area contributed by atoms with Gasteiger partial charge in [0.25, 0.3) is 0 Å². The summed E-state index contributed by atoms with van der Waals surface area (Å²) >= 11 is 0. The quantitative estimate of drug-likeness (QED) is 0.529. The lowest BCUT2D eigenvalue weighted by Crippen LogP contribution is -2.36. The van der Waals surface area contributed by atoms with Crippen LogP contribution in [0.3, 0.4) is 0 Å². The van der Waals surface area contributed by atoms with Gasteiger partial charge in [-0.25, -0.2) is 9.67 Å². The predicted molar refractivity (Wildman–Crippen MR) is 114 cm³/mol. The molecule has 6 nitrogen and oxygen atoms in total. The lowest BCUT2D eigenvalue weighted by Gasteiger charge is -2.13. The molecule has 0 aliphatic rings. The Bertz CT molecular complexity index is 969. The van der Waals surface area contributed by atoms with Crippen LogP contribution in [0.25, 0.3) is 5.82 Å². The zero-order valence-electron chi connectivity index (χ0n) is 17.2. The molecule has 0 amide bonds. The fraction of sp³-hybridized carbons (Fsp3) is 0.318. The lowest BCUT2D eigenvalue weighted by atomic mass is 10.1. The van der Waals surface area contributed by atoms with Gasteiger partial charge in [0.15, 0.2) is 11.8 Å². The topological polar surface area (TPSA) is 67.1 Å². The van der Waals surface area contributed by atoms with E-state index in [1.807, 2.05) is 36.9 Å². The summed E-state index contributed by atoms with van der Waals surface area (Å²) in [6.45, 7) is 9.65. The van der Waals surface area contributed by atoms with Crippen LogP contribution in [-0.4, -0.2) is 27.8 Å². The molecule has 0 saturated heterocycles. The summed E-state index contributed by atoms with van der Waals surface area (Å²) < 4.78 is 1.86. The first-order valence-electron chi connectivity index (χ1n) is 9.45. The number of hydrogen-bond donors (Lipinski definition) is 2. The molecule has 0 saturated carbocycles. The van der Waals surface area contributed by atoms with Crippen LogP contribution in [0.1, 0.15) is 33.6 Å². The predicted octanol–water partition coefficient (Wildman–Crippen LogP) is 3.37. The Labute approximate surface area is 166 Å². The van der Waals surface area contributed by atoms with Gasteiger partial charge in [0.05, 0.1) is 5.69 Å². The van der Waals surface area contributed by atoms with Gasteiger partial charge < -0.3 is 10.6 Å². The molecule has 2 N–H and O–H groups in total. The molecular weight excluding hydrogens is 348 g/mol. The number of nitrogens with zero attached hydrogens (tertiary/aromatic N) is 4. The van der Waals surface area contributed by atoms with Gasteiger partial charge in [0.1, 0.15) is 0 Å². The van der Waals surface area contributed by atoms with E-state index < -0.39 is 0 Å². The largest absolute Gasteiger partial charge is 0.352 e. The van der Waals surface area contributed by atoms with Crippen molar-refractivity contribution in [3.8, 4) is 5.82 Å². The van der Waals surface area contributed by atoms with Gasteiger partial charge in [-0.2, -0.15) is 5.10 Å². The number of benzene rings is 1. The maximum Gasteiger partial charge on any atom is 0.191 e. The van der Waals surface area contributed by atoms with Gasteiger partial charge in [-0.1, -0.05) is 29.8 Å². The summed E-state index contributed by atoms with van der Waals surface area (Å²) in [5, 5.41) is 11.2. The van der Waals surface area contributed by atoms with Crippen LogP contribution in [0, 0.1) is 27.7 Å². The average Bonchev–Trinajstić information content (AvgIpc) is 3.02. The Kier molecular flexibility index (Phi) is 6.09. The number of hydrogen-bond acceptors (Lipinski definition) is 3. The second-order valence-electron chi connectivity index (χ2n) is 7.07. The number of guanidine groups is 1. The summed E-state index contributed by atoms with van der Waals surface area (Å²) in [5.74, 6) is 1.59. The van der Waals surface area contributed by atoms with Crippen molar-refractivity contribution in [3.63, 3.8) is 0 Å². The highest BCUT2D eigenvalue weighted by Gasteiger charge is 2.06. The van der Waals surface area contributed by atoms with E-state index in [0.29, 0.717) is 6.54 Å². The SMILES string of the molecule is CN=C(NCc1ccc(-n2nc(C)cc2C)nc1)NCc1ccc(C)cc1C. The monoisotopic (exact) mass is 376 g/mol. The maximum absolute atomic E-state index is 4.54. The first-order chi connectivity index (χ1) is 13.5. The molecule has 6 heteroatoms. The highest BCUT2D eigenvalue weighted by molar-refractivity contribution is 5.79. The molecule has 0 fully saturated rings. The zero-order chi connectivity index (χ0) is 20.1. The normalized spacial score (nSPS) is 11.5. The number of aryl methyl sites for hydroxylation is 4. The Morgan fingerprint density at radius 2 is 1.79 bits per heavy atom. The van der Waals surface area contributed by atoms with Crippen LogP contribution in [0.15, 0.2) is 47.6 Å². The van der Waals surface area contributed by atoms with E-state index in [2.05, 4.69) is 63.8 Å². The number of pyridine rings is 1. The number of rotatable bonds is 5. The summed E-state index contributed by atoms with van der Waals surface area (Å²) in [5.41, 5.74) is 6.98. The van der Waals surface area contributed by atoms with Crippen molar-refractivity contribution in [1.82, 2.24) is 25.4 Å². The minimum atomic E-state index is 0.650. The van der Waals surface area contributed by atoms with Crippen molar-refractivity contribution in [2.24, 2.45) is 4.99 Å². The van der Waals surface area contributed by atoms with E-state index >= 15 is 0 Å². The van der Waals surface area contributed by atoms with Crippen molar-refractivity contribution in [1.29, 1.82) is 0 Å². The van der Waals surface area contributed by atoms with E-state index in [9.17, 15) is 0 Å². The van der Waals surface area contributed by atoms with E-state index in [1.54, 1.807) is 7.05 Å². The van der Waals surface area contributed by atoms with Crippen LogP contribution in [0.4, 0.5) is 0 Å². The van der Waals surface area contributed by atoms with Gasteiger partial charge in [0, 0.05) is 32.0 Å². The van der Waals surface area contributed by atoms with Crippen LogP contribution in [-0.2, 0) is 13.1 Å². The summed E-state index contributed by atoms with van der Waals surface area (Å²) in [4.78, 5) is 8.85. The van der Waals surface area contributed by atoms with E-state index in [4.69, 9.17) is 0 Å².